The summed E-state index contributed by atoms with van der Waals surface area (Å²) in [6, 6.07) is 2.02. The van der Waals surface area contributed by atoms with Crippen LogP contribution < -0.4 is 0 Å². The lowest BCUT2D eigenvalue weighted by atomic mass is 9.89. The van der Waals surface area contributed by atoms with Gasteiger partial charge in [-0.15, -0.1) is 0 Å². The number of ketones is 1. The molecule has 0 heterocycles. The molecule has 0 amide bonds. The first-order valence-corrected chi connectivity index (χ1v) is 7.14. The van der Waals surface area contributed by atoms with Crippen molar-refractivity contribution in [3.05, 3.63) is 11.8 Å². The molecule has 0 aromatic heterocycles. The van der Waals surface area contributed by atoms with Gasteiger partial charge in [-0.3, -0.25) is 4.79 Å². The average Bonchev–Trinajstić information content (AvgIpc) is 2.38. The highest BCUT2D eigenvalue weighted by atomic mass is 19.1. The number of halogens is 1. The van der Waals surface area contributed by atoms with Crippen LogP contribution in [0.25, 0.3) is 0 Å². The zero-order chi connectivity index (χ0) is 15.8. The van der Waals surface area contributed by atoms with Crippen LogP contribution in [0.4, 0.5) is 4.39 Å². The number of allylic oxidation sites excluding steroid dienone is 2. The van der Waals surface area contributed by atoms with Crippen LogP contribution in [0, 0.1) is 23.2 Å². The van der Waals surface area contributed by atoms with Crippen molar-refractivity contribution in [2.75, 3.05) is 7.11 Å². The summed E-state index contributed by atoms with van der Waals surface area (Å²) >= 11 is 0. The van der Waals surface area contributed by atoms with Crippen LogP contribution in [-0.4, -0.2) is 18.6 Å². The lowest BCUT2D eigenvalue weighted by Crippen LogP contribution is -2.21. The van der Waals surface area contributed by atoms with Crippen LogP contribution >= 0.6 is 0 Å². The normalized spacial score (nSPS) is 15.3. The van der Waals surface area contributed by atoms with E-state index in [1.54, 1.807) is 0 Å². The lowest BCUT2D eigenvalue weighted by Gasteiger charge is -2.24. The molecule has 114 valence electrons. The van der Waals surface area contributed by atoms with E-state index in [-0.39, 0.29) is 24.0 Å². The van der Waals surface area contributed by atoms with Crippen molar-refractivity contribution in [3.63, 3.8) is 0 Å². The Bertz CT molecular complexity index is 377. The van der Waals surface area contributed by atoms with E-state index in [1.165, 1.54) is 27.0 Å². The number of rotatable bonds is 9. The van der Waals surface area contributed by atoms with Crippen LogP contribution in [-0.2, 0) is 9.53 Å². The summed E-state index contributed by atoms with van der Waals surface area (Å²) in [5.41, 5.74) is -1.31. The van der Waals surface area contributed by atoms with E-state index < -0.39 is 5.67 Å². The number of ether oxygens (including phenoxy) is 1. The Balaban J connectivity index is 5.07. The van der Waals surface area contributed by atoms with Crippen molar-refractivity contribution in [1.82, 2.24) is 0 Å². The Kier molecular flexibility index (Phi) is 8.13. The summed E-state index contributed by atoms with van der Waals surface area (Å²) in [5, 5.41) is 8.71. The van der Waals surface area contributed by atoms with Crippen molar-refractivity contribution in [1.29, 1.82) is 5.26 Å². The fourth-order valence-corrected chi connectivity index (χ4v) is 2.19. The SMILES string of the molecule is CCC(CC#N)C(=O)/C=C(\OC)C(CC)CC(C)(C)F. The smallest absolute Gasteiger partial charge is 0.163 e. The van der Waals surface area contributed by atoms with Crippen molar-refractivity contribution >= 4 is 5.78 Å². The minimum Gasteiger partial charge on any atom is -0.501 e. The van der Waals surface area contributed by atoms with Gasteiger partial charge < -0.3 is 4.74 Å². The number of carbonyl (C=O) groups is 1. The quantitative estimate of drug-likeness (QED) is 0.471. The van der Waals surface area contributed by atoms with Gasteiger partial charge in [0, 0.05) is 24.3 Å². The molecule has 0 aliphatic rings. The number of methoxy groups -OCH3 is 1. The number of hydrogen-bond donors (Lipinski definition) is 0. The van der Waals surface area contributed by atoms with E-state index in [9.17, 15) is 9.18 Å². The molecule has 0 spiro atoms. The largest absolute Gasteiger partial charge is 0.501 e. The minimum atomic E-state index is -1.31. The molecule has 0 rings (SSSR count). The Morgan fingerprint density at radius 2 is 1.90 bits per heavy atom. The third-order valence-corrected chi connectivity index (χ3v) is 3.38. The zero-order valence-corrected chi connectivity index (χ0v) is 13.2. The summed E-state index contributed by atoms with van der Waals surface area (Å²) in [6.45, 7) is 6.87. The third-order valence-electron chi connectivity index (χ3n) is 3.38. The molecule has 0 aliphatic heterocycles. The Morgan fingerprint density at radius 3 is 2.25 bits per heavy atom. The summed E-state index contributed by atoms with van der Waals surface area (Å²) < 4.78 is 19.1. The first kappa shape index (κ1) is 18.6. The first-order valence-electron chi connectivity index (χ1n) is 7.14. The maximum atomic E-state index is 13.8. The Morgan fingerprint density at radius 1 is 1.35 bits per heavy atom. The van der Waals surface area contributed by atoms with E-state index >= 15 is 0 Å². The standard InChI is InChI=1S/C16H26FNO2/c1-6-12(8-9-18)14(19)10-15(20-5)13(7-2)11-16(3,4)17/h10,12-13H,6-8,11H2,1-5H3/b15-10-. The third kappa shape index (κ3) is 6.70. The van der Waals surface area contributed by atoms with Gasteiger partial charge in [0.05, 0.1) is 13.2 Å². The van der Waals surface area contributed by atoms with Crippen molar-refractivity contribution < 1.29 is 13.9 Å². The molecule has 0 saturated heterocycles. The predicted octanol–water partition coefficient (Wildman–Crippen LogP) is 4.19. The number of carbonyl (C=O) groups excluding carboxylic acids is 1. The van der Waals surface area contributed by atoms with Crippen LogP contribution in [0.15, 0.2) is 11.8 Å². The fraction of sp³-hybridized carbons (Fsp3) is 0.750. The van der Waals surface area contributed by atoms with Gasteiger partial charge in [-0.1, -0.05) is 13.8 Å². The summed E-state index contributed by atoms with van der Waals surface area (Å²) in [4.78, 5) is 12.1. The molecule has 0 aliphatic carbocycles. The molecule has 20 heavy (non-hydrogen) atoms. The van der Waals surface area contributed by atoms with Gasteiger partial charge in [0.2, 0.25) is 0 Å². The molecule has 0 bridgehead atoms. The molecule has 0 aromatic carbocycles. The Labute approximate surface area is 121 Å². The highest BCUT2D eigenvalue weighted by Crippen LogP contribution is 2.29. The van der Waals surface area contributed by atoms with Crippen molar-refractivity contribution in [2.45, 2.75) is 59.0 Å². The molecule has 2 atom stereocenters. The van der Waals surface area contributed by atoms with Crippen molar-refractivity contribution in [2.24, 2.45) is 11.8 Å². The summed E-state index contributed by atoms with van der Waals surface area (Å²) in [6.07, 6.45) is 3.28. The van der Waals surface area contributed by atoms with Gasteiger partial charge in [0.1, 0.15) is 11.4 Å². The maximum absolute atomic E-state index is 13.8. The van der Waals surface area contributed by atoms with E-state index in [0.29, 0.717) is 25.0 Å². The number of alkyl halides is 1. The molecule has 0 radical (unpaired) electrons. The predicted molar refractivity (Wildman–Crippen MR) is 77.7 cm³/mol. The van der Waals surface area contributed by atoms with Gasteiger partial charge in [0.25, 0.3) is 0 Å². The molecule has 3 nitrogen and oxygen atoms in total. The van der Waals surface area contributed by atoms with E-state index in [0.717, 1.165) is 0 Å². The molecule has 0 saturated carbocycles. The molecule has 0 aromatic rings. The van der Waals surface area contributed by atoms with Crippen LogP contribution in [0.3, 0.4) is 0 Å². The van der Waals surface area contributed by atoms with Gasteiger partial charge in [-0.05, 0) is 33.1 Å². The number of nitriles is 1. The van der Waals surface area contributed by atoms with Crippen molar-refractivity contribution in [3.8, 4) is 6.07 Å². The van der Waals surface area contributed by atoms with Gasteiger partial charge >= 0.3 is 0 Å². The zero-order valence-electron chi connectivity index (χ0n) is 13.2. The Hall–Kier alpha value is -1.37. The summed E-state index contributed by atoms with van der Waals surface area (Å²) in [5.74, 6) is -0.0230. The molecule has 0 N–H and O–H groups in total. The highest BCUT2D eigenvalue weighted by molar-refractivity contribution is 5.92. The molecule has 0 fully saturated rings. The van der Waals surface area contributed by atoms with Gasteiger partial charge in [-0.25, -0.2) is 4.39 Å². The second-order valence-electron chi connectivity index (χ2n) is 5.65. The van der Waals surface area contributed by atoms with Gasteiger partial charge in [0.15, 0.2) is 5.78 Å². The van der Waals surface area contributed by atoms with Crippen LogP contribution in [0.5, 0.6) is 0 Å². The van der Waals surface area contributed by atoms with Gasteiger partial charge in [-0.2, -0.15) is 5.26 Å². The molecular weight excluding hydrogens is 257 g/mol. The number of hydrogen-bond acceptors (Lipinski definition) is 3. The lowest BCUT2D eigenvalue weighted by molar-refractivity contribution is -0.118. The monoisotopic (exact) mass is 283 g/mol. The second kappa shape index (κ2) is 8.73. The molecular formula is C16H26FNO2. The molecule has 2 unspecified atom stereocenters. The maximum Gasteiger partial charge on any atom is 0.163 e. The van der Waals surface area contributed by atoms with E-state index in [4.69, 9.17) is 10.00 Å². The topological polar surface area (TPSA) is 50.1 Å². The fourth-order valence-electron chi connectivity index (χ4n) is 2.19. The van der Waals surface area contributed by atoms with Crippen LogP contribution in [0.2, 0.25) is 0 Å². The number of nitrogens with zero attached hydrogens (tertiary/aromatic N) is 1. The van der Waals surface area contributed by atoms with Crippen LogP contribution in [0.1, 0.15) is 53.4 Å². The summed E-state index contributed by atoms with van der Waals surface area (Å²) in [7, 11) is 1.50. The highest BCUT2D eigenvalue weighted by Gasteiger charge is 2.26. The average molecular weight is 283 g/mol. The second-order valence-corrected chi connectivity index (χ2v) is 5.65. The molecule has 4 heteroatoms. The van der Waals surface area contributed by atoms with E-state index in [1.807, 2.05) is 19.9 Å². The first-order chi connectivity index (χ1) is 9.28. The minimum absolute atomic E-state index is 0.110. The van der Waals surface area contributed by atoms with E-state index in [2.05, 4.69) is 0 Å².